The van der Waals surface area contributed by atoms with E-state index < -0.39 is 0 Å². The highest BCUT2D eigenvalue weighted by atomic mass is 32.2. The molecular formula is C21H31N3OS. The Morgan fingerprint density at radius 2 is 1.62 bits per heavy atom. The monoisotopic (exact) mass is 373 g/mol. The number of amides is 1. The van der Waals surface area contributed by atoms with E-state index in [1.807, 2.05) is 24.3 Å². The minimum atomic E-state index is 0.132. The van der Waals surface area contributed by atoms with Gasteiger partial charge < -0.3 is 10.3 Å². The molecule has 0 aliphatic heterocycles. The van der Waals surface area contributed by atoms with Crippen LogP contribution in [0.15, 0.2) is 29.4 Å². The number of aromatic nitrogens is 2. The van der Waals surface area contributed by atoms with E-state index in [2.05, 4.69) is 15.3 Å². The molecule has 26 heavy (non-hydrogen) atoms. The third-order valence-electron chi connectivity index (χ3n) is 5.18. The molecule has 0 spiro atoms. The Kier molecular flexibility index (Phi) is 7.87. The lowest BCUT2D eigenvalue weighted by atomic mass is 9.98. The van der Waals surface area contributed by atoms with Crippen molar-refractivity contribution in [1.29, 1.82) is 0 Å². The number of para-hydroxylation sites is 2. The third kappa shape index (κ3) is 6.35. The Balaban J connectivity index is 1.45. The summed E-state index contributed by atoms with van der Waals surface area (Å²) in [6.07, 6.45) is 14.2. The van der Waals surface area contributed by atoms with Gasteiger partial charge in [-0.1, -0.05) is 81.7 Å². The molecule has 3 rings (SSSR count). The smallest absolute Gasteiger partial charge is 0.230 e. The van der Waals surface area contributed by atoms with Gasteiger partial charge in [0.05, 0.1) is 16.8 Å². The number of fused-ring (bicyclic) bond motifs is 1. The average molecular weight is 374 g/mol. The summed E-state index contributed by atoms with van der Waals surface area (Å²) in [6.45, 7) is 0. The van der Waals surface area contributed by atoms with Crippen LogP contribution >= 0.6 is 11.8 Å². The number of hydrogen-bond donors (Lipinski definition) is 2. The Bertz CT molecular complexity index is 640. The van der Waals surface area contributed by atoms with Crippen LogP contribution in [-0.4, -0.2) is 27.7 Å². The maximum absolute atomic E-state index is 12.4. The van der Waals surface area contributed by atoms with E-state index in [4.69, 9.17) is 0 Å². The lowest BCUT2D eigenvalue weighted by molar-refractivity contribution is -0.119. The number of H-pyrrole nitrogens is 1. The van der Waals surface area contributed by atoms with E-state index >= 15 is 0 Å². The first-order valence-corrected chi connectivity index (χ1v) is 11.2. The molecule has 0 saturated heterocycles. The molecule has 1 amide bonds. The van der Waals surface area contributed by atoms with Crippen LogP contribution in [0, 0.1) is 0 Å². The van der Waals surface area contributed by atoms with Crippen molar-refractivity contribution >= 4 is 28.7 Å². The second-order valence-electron chi connectivity index (χ2n) is 7.37. The fourth-order valence-corrected chi connectivity index (χ4v) is 4.40. The number of nitrogens with one attached hydrogen (secondary N) is 2. The molecule has 0 unspecified atom stereocenters. The molecule has 1 fully saturated rings. The summed E-state index contributed by atoms with van der Waals surface area (Å²) in [5, 5.41) is 4.09. The SMILES string of the molecule is O=C(CSc1nc2ccccc2[nH]1)NC1CCCCCCCCCCC1. The lowest BCUT2D eigenvalue weighted by Crippen LogP contribution is -2.36. The zero-order valence-corrected chi connectivity index (χ0v) is 16.5. The fraction of sp³-hybridized carbons (Fsp3) is 0.619. The zero-order valence-electron chi connectivity index (χ0n) is 15.6. The number of benzene rings is 1. The van der Waals surface area contributed by atoms with Crippen molar-refractivity contribution in [2.45, 2.75) is 81.8 Å². The highest BCUT2D eigenvalue weighted by molar-refractivity contribution is 7.99. The molecule has 0 atom stereocenters. The third-order valence-corrected chi connectivity index (χ3v) is 6.05. The summed E-state index contributed by atoms with van der Waals surface area (Å²) >= 11 is 1.49. The van der Waals surface area contributed by atoms with Crippen LogP contribution in [0.3, 0.4) is 0 Å². The summed E-state index contributed by atoms with van der Waals surface area (Å²) in [7, 11) is 0. The molecular weight excluding hydrogens is 342 g/mol. The first kappa shape index (κ1) is 19.3. The van der Waals surface area contributed by atoms with E-state index in [1.54, 1.807) is 0 Å². The van der Waals surface area contributed by atoms with Gasteiger partial charge in [0.15, 0.2) is 5.16 Å². The van der Waals surface area contributed by atoms with Crippen molar-refractivity contribution in [3.05, 3.63) is 24.3 Å². The number of aromatic amines is 1. The van der Waals surface area contributed by atoms with E-state index in [0.717, 1.165) is 29.0 Å². The van der Waals surface area contributed by atoms with Gasteiger partial charge in [0.1, 0.15) is 0 Å². The van der Waals surface area contributed by atoms with Crippen LogP contribution in [0.2, 0.25) is 0 Å². The largest absolute Gasteiger partial charge is 0.353 e. The van der Waals surface area contributed by atoms with Gasteiger partial charge in [-0.25, -0.2) is 4.98 Å². The first-order chi connectivity index (χ1) is 12.8. The molecule has 1 aliphatic rings. The minimum Gasteiger partial charge on any atom is -0.353 e. The first-order valence-electron chi connectivity index (χ1n) is 10.2. The Hall–Kier alpha value is -1.49. The summed E-state index contributed by atoms with van der Waals surface area (Å²) in [5.74, 6) is 0.559. The molecule has 1 heterocycles. The highest BCUT2D eigenvalue weighted by Crippen LogP contribution is 2.20. The lowest BCUT2D eigenvalue weighted by Gasteiger charge is -2.19. The predicted octanol–water partition coefficient (Wildman–Crippen LogP) is 5.44. The molecule has 5 heteroatoms. The van der Waals surface area contributed by atoms with Crippen LogP contribution < -0.4 is 5.32 Å². The molecule has 0 bridgehead atoms. The van der Waals surface area contributed by atoms with E-state index in [0.29, 0.717) is 11.8 Å². The maximum Gasteiger partial charge on any atom is 0.230 e. The normalized spacial score (nSPS) is 18.2. The van der Waals surface area contributed by atoms with Crippen LogP contribution in [0.4, 0.5) is 0 Å². The maximum atomic E-state index is 12.4. The number of thioether (sulfide) groups is 1. The van der Waals surface area contributed by atoms with Crippen molar-refractivity contribution in [3.63, 3.8) is 0 Å². The fourth-order valence-electron chi connectivity index (χ4n) is 3.71. The summed E-state index contributed by atoms with van der Waals surface area (Å²) in [5.41, 5.74) is 1.98. The van der Waals surface area contributed by atoms with Gasteiger partial charge in [0, 0.05) is 6.04 Å². The summed E-state index contributed by atoms with van der Waals surface area (Å²) in [4.78, 5) is 20.2. The average Bonchev–Trinajstić information content (AvgIpc) is 3.05. The van der Waals surface area contributed by atoms with E-state index in [1.165, 1.54) is 69.5 Å². The predicted molar refractivity (Wildman–Crippen MR) is 110 cm³/mol. The van der Waals surface area contributed by atoms with E-state index in [-0.39, 0.29) is 5.91 Å². The molecule has 1 aromatic carbocycles. The Labute approximate surface area is 160 Å². The van der Waals surface area contributed by atoms with Gasteiger partial charge in [-0.05, 0) is 25.0 Å². The second-order valence-corrected chi connectivity index (χ2v) is 8.34. The van der Waals surface area contributed by atoms with Crippen molar-refractivity contribution in [3.8, 4) is 0 Å². The minimum absolute atomic E-state index is 0.132. The van der Waals surface area contributed by atoms with Gasteiger partial charge in [-0.15, -0.1) is 0 Å². The molecule has 1 aliphatic carbocycles. The van der Waals surface area contributed by atoms with Crippen molar-refractivity contribution in [2.24, 2.45) is 0 Å². The van der Waals surface area contributed by atoms with Gasteiger partial charge in [0.2, 0.25) is 5.91 Å². The van der Waals surface area contributed by atoms with Crippen LogP contribution in [-0.2, 0) is 4.79 Å². The number of hydrogen-bond acceptors (Lipinski definition) is 3. The number of carbonyl (C=O) groups excluding carboxylic acids is 1. The number of nitrogens with zero attached hydrogens (tertiary/aromatic N) is 1. The Morgan fingerprint density at radius 1 is 1.00 bits per heavy atom. The van der Waals surface area contributed by atoms with E-state index in [9.17, 15) is 4.79 Å². The van der Waals surface area contributed by atoms with Gasteiger partial charge in [0.25, 0.3) is 0 Å². The number of rotatable bonds is 4. The highest BCUT2D eigenvalue weighted by Gasteiger charge is 2.14. The van der Waals surface area contributed by atoms with Gasteiger partial charge >= 0.3 is 0 Å². The van der Waals surface area contributed by atoms with Crippen molar-refractivity contribution < 1.29 is 4.79 Å². The summed E-state index contributed by atoms with van der Waals surface area (Å²) < 4.78 is 0. The quantitative estimate of drug-likeness (QED) is 0.701. The van der Waals surface area contributed by atoms with Gasteiger partial charge in [-0.3, -0.25) is 4.79 Å². The van der Waals surface area contributed by atoms with Crippen LogP contribution in [0.25, 0.3) is 11.0 Å². The molecule has 2 N–H and O–H groups in total. The van der Waals surface area contributed by atoms with Gasteiger partial charge in [-0.2, -0.15) is 0 Å². The molecule has 1 saturated carbocycles. The Morgan fingerprint density at radius 3 is 2.27 bits per heavy atom. The number of carbonyl (C=O) groups is 1. The second kappa shape index (κ2) is 10.6. The standard InChI is InChI=1S/C21H31N3OS/c25-20(16-26-21-23-18-14-10-11-15-19(18)24-21)22-17-12-8-6-4-2-1-3-5-7-9-13-17/h10-11,14-15,17H,1-9,12-13,16H2,(H,22,25)(H,23,24). The van der Waals surface area contributed by atoms with Crippen molar-refractivity contribution in [1.82, 2.24) is 15.3 Å². The summed E-state index contributed by atoms with van der Waals surface area (Å²) in [6, 6.07) is 8.32. The molecule has 2 aromatic rings. The molecule has 142 valence electrons. The van der Waals surface area contributed by atoms with Crippen LogP contribution in [0.5, 0.6) is 0 Å². The molecule has 0 radical (unpaired) electrons. The molecule has 4 nitrogen and oxygen atoms in total. The van der Waals surface area contributed by atoms with Crippen molar-refractivity contribution in [2.75, 3.05) is 5.75 Å². The topological polar surface area (TPSA) is 57.8 Å². The molecule has 1 aromatic heterocycles. The van der Waals surface area contributed by atoms with Crippen LogP contribution in [0.1, 0.15) is 70.6 Å². The number of imidazole rings is 1. The zero-order chi connectivity index (χ0) is 18.0.